The zero-order valence-corrected chi connectivity index (χ0v) is 26.3. The van der Waals surface area contributed by atoms with E-state index in [1.165, 1.54) is 36.3 Å². The lowest BCUT2D eigenvalue weighted by Crippen LogP contribution is -2.54. The number of halogens is 1. The Bertz CT molecular complexity index is 1490. The summed E-state index contributed by atoms with van der Waals surface area (Å²) in [5.74, 6) is -0.0775. The Morgan fingerprint density at radius 3 is 2.29 bits per heavy atom. The first-order chi connectivity index (χ1) is 19.8. The molecule has 0 unspecified atom stereocenters. The van der Waals surface area contributed by atoms with Crippen LogP contribution in [-0.2, 0) is 26.2 Å². The van der Waals surface area contributed by atoms with E-state index < -0.39 is 34.1 Å². The van der Waals surface area contributed by atoms with Crippen LogP contribution in [0.1, 0.15) is 40.2 Å². The first kappa shape index (κ1) is 32.8. The molecule has 0 spiro atoms. The molecule has 1 atom stereocenters. The number of nitrogens with zero attached hydrogens (tertiary/aromatic N) is 2. The molecule has 9 nitrogen and oxygen atoms in total. The summed E-state index contributed by atoms with van der Waals surface area (Å²) in [6.45, 7) is 8.66. The molecule has 226 valence electrons. The second kappa shape index (κ2) is 13.9. The molecular formula is C31H38ClN3O6S. The van der Waals surface area contributed by atoms with Gasteiger partial charge in [-0.1, -0.05) is 35.9 Å². The lowest BCUT2D eigenvalue weighted by atomic mass is 10.1. The molecule has 3 aromatic rings. The minimum absolute atomic E-state index is 0.0384. The van der Waals surface area contributed by atoms with E-state index in [4.69, 9.17) is 21.1 Å². The molecule has 0 aliphatic carbocycles. The second-order valence-electron chi connectivity index (χ2n) is 10.7. The van der Waals surface area contributed by atoms with Gasteiger partial charge in [0, 0.05) is 17.1 Å². The van der Waals surface area contributed by atoms with Crippen LogP contribution in [0.2, 0.25) is 5.02 Å². The Morgan fingerprint density at radius 1 is 1.00 bits per heavy atom. The Hall–Kier alpha value is -3.76. The van der Waals surface area contributed by atoms with Gasteiger partial charge < -0.3 is 19.7 Å². The lowest BCUT2D eigenvalue weighted by Gasteiger charge is -2.33. The summed E-state index contributed by atoms with van der Waals surface area (Å²) in [6, 6.07) is 18.5. The zero-order valence-electron chi connectivity index (χ0n) is 24.8. The van der Waals surface area contributed by atoms with Crippen molar-refractivity contribution in [3.8, 4) is 11.5 Å². The maximum absolute atomic E-state index is 14.1. The smallest absolute Gasteiger partial charge is 0.264 e. The molecule has 0 saturated carbocycles. The van der Waals surface area contributed by atoms with Gasteiger partial charge in [0.2, 0.25) is 11.8 Å². The fourth-order valence-electron chi connectivity index (χ4n) is 4.21. The molecule has 3 aromatic carbocycles. The van der Waals surface area contributed by atoms with Crippen LogP contribution < -0.4 is 19.1 Å². The predicted molar refractivity (Wildman–Crippen MR) is 164 cm³/mol. The standard InChI is InChI=1S/C31H38ClN3O6S/c1-7-41-28-14-9-8-13-27(28)35(42(38,39)26-17-15-24(32)16-18-26)21-29(36)34(22(2)30(37)33-31(3,4)5)20-23-11-10-12-25(19-23)40-6/h8-19,22H,7,20-21H2,1-6H3,(H,33,37)/t22-/m1/s1. The number of hydrogen-bond donors (Lipinski definition) is 1. The molecule has 0 aliphatic heterocycles. The molecule has 0 radical (unpaired) electrons. The summed E-state index contributed by atoms with van der Waals surface area (Å²) in [5, 5.41) is 3.28. The number of amides is 2. The summed E-state index contributed by atoms with van der Waals surface area (Å²) in [4.78, 5) is 28.7. The number of carbonyl (C=O) groups excluding carboxylic acids is 2. The van der Waals surface area contributed by atoms with Gasteiger partial charge in [0.15, 0.2) is 0 Å². The number of sulfonamides is 1. The number of benzene rings is 3. The average molecular weight is 616 g/mol. The molecule has 3 rings (SSSR count). The van der Waals surface area contributed by atoms with E-state index in [1.807, 2.05) is 26.8 Å². The van der Waals surface area contributed by atoms with Crippen LogP contribution in [0.3, 0.4) is 0 Å². The van der Waals surface area contributed by atoms with Crippen molar-refractivity contribution in [1.82, 2.24) is 10.2 Å². The highest BCUT2D eigenvalue weighted by molar-refractivity contribution is 7.92. The molecule has 0 aromatic heterocycles. The van der Waals surface area contributed by atoms with E-state index >= 15 is 0 Å². The van der Waals surface area contributed by atoms with Crippen LogP contribution in [0, 0.1) is 0 Å². The molecule has 0 saturated heterocycles. The van der Waals surface area contributed by atoms with Crippen molar-refractivity contribution in [3.05, 3.63) is 83.4 Å². The summed E-state index contributed by atoms with van der Waals surface area (Å²) < 4.78 is 40.2. The maximum Gasteiger partial charge on any atom is 0.264 e. The largest absolute Gasteiger partial charge is 0.497 e. The van der Waals surface area contributed by atoms with Crippen LogP contribution >= 0.6 is 11.6 Å². The van der Waals surface area contributed by atoms with Crippen molar-refractivity contribution in [3.63, 3.8) is 0 Å². The number of carbonyl (C=O) groups is 2. The zero-order chi connectivity index (χ0) is 31.1. The van der Waals surface area contributed by atoms with Crippen molar-refractivity contribution < 1.29 is 27.5 Å². The molecule has 0 bridgehead atoms. The fourth-order valence-corrected chi connectivity index (χ4v) is 5.76. The maximum atomic E-state index is 14.1. The molecule has 0 fully saturated rings. The lowest BCUT2D eigenvalue weighted by molar-refractivity contribution is -0.140. The SMILES string of the molecule is CCOc1ccccc1N(CC(=O)N(Cc1cccc(OC)c1)[C@H](C)C(=O)NC(C)(C)C)S(=O)(=O)c1ccc(Cl)cc1. The van der Waals surface area contributed by atoms with Crippen molar-refractivity contribution in [2.24, 2.45) is 0 Å². The number of ether oxygens (including phenoxy) is 2. The Labute approximate surface area is 253 Å². The number of anilines is 1. The Kier molecular flexibility index (Phi) is 10.9. The van der Waals surface area contributed by atoms with E-state index in [9.17, 15) is 18.0 Å². The van der Waals surface area contributed by atoms with Crippen LogP contribution in [-0.4, -0.2) is 57.0 Å². The Morgan fingerprint density at radius 2 is 1.67 bits per heavy atom. The number of rotatable bonds is 12. The van der Waals surface area contributed by atoms with E-state index in [0.717, 1.165) is 4.31 Å². The summed E-state index contributed by atoms with van der Waals surface area (Å²) in [7, 11) is -2.73. The highest BCUT2D eigenvalue weighted by Gasteiger charge is 2.34. The molecule has 0 heterocycles. The minimum Gasteiger partial charge on any atom is -0.497 e. The van der Waals surface area contributed by atoms with Crippen molar-refractivity contribution >= 4 is 39.1 Å². The van der Waals surface area contributed by atoms with E-state index in [2.05, 4.69) is 5.32 Å². The van der Waals surface area contributed by atoms with Crippen molar-refractivity contribution in [2.45, 2.75) is 57.6 Å². The van der Waals surface area contributed by atoms with Crippen LogP contribution in [0.5, 0.6) is 11.5 Å². The number of methoxy groups -OCH3 is 1. The molecule has 42 heavy (non-hydrogen) atoms. The molecule has 11 heteroatoms. The fraction of sp³-hybridized carbons (Fsp3) is 0.355. The first-order valence-electron chi connectivity index (χ1n) is 13.5. The van der Waals surface area contributed by atoms with Gasteiger partial charge in [0.05, 0.1) is 24.3 Å². The van der Waals surface area contributed by atoms with E-state index in [1.54, 1.807) is 56.3 Å². The normalized spacial score (nSPS) is 12.3. The second-order valence-corrected chi connectivity index (χ2v) is 13.0. The van der Waals surface area contributed by atoms with E-state index in [-0.39, 0.29) is 29.6 Å². The van der Waals surface area contributed by atoms with Gasteiger partial charge in [-0.3, -0.25) is 13.9 Å². The topological polar surface area (TPSA) is 105 Å². The summed E-state index contributed by atoms with van der Waals surface area (Å²) in [6.07, 6.45) is 0. The average Bonchev–Trinajstić information content (AvgIpc) is 2.94. The van der Waals surface area contributed by atoms with Crippen molar-refractivity contribution in [2.75, 3.05) is 24.6 Å². The number of nitrogens with one attached hydrogen (secondary N) is 1. The molecule has 2 amide bonds. The molecular weight excluding hydrogens is 578 g/mol. The van der Waals surface area contributed by atoms with Crippen molar-refractivity contribution in [1.29, 1.82) is 0 Å². The number of para-hydroxylation sites is 2. The summed E-state index contributed by atoms with van der Waals surface area (Å²) in [5.41, 5.74) is 0.354. The summed E-state index contributed by atoms with van der Waals surface area (Å²) >= 11 is 6.02. The third-order valence-corrected chi connectivity index (χ3v) is 8.29. The van der Waals surface area contributed by atoms with Crippen LogP contribution in [0.15, 0.2) is 77.7 Å². The van der Waals surface area contributed by atoms with Crippen LogP contribution in [0.25, 0.3) is 0 Å². The van der Waals surface area contributed by atoms with Gasteiger partial charge in [-0.05, 0) is 88.7 Å². The predicted octanol–water partition coefficient (Wildman–Crippen LogP) is 5.27. The van der Waals surface area contributed by atoms with Gasteiger partial charge in [-0.2, -0.15) is 0 Å². The Balaban J connectivity index is 2.10. The van der Waals surface area contributed by atoms with Gasteiger partial charge in [0.1, 0.15) is 24.1 Å². The monoisotopic (exact) mass is 615 g/mol. The van der Waals surface area contributed by atoms with Gasteiger partial charge >= 0.3 is 0 Å². The third kappa shape index (κ3) is 8.39. The minimum atomic E-state index is -4.27. The third-order valence-electron chi connectivity index (χ3n) is 6.27. The highest BCUT2D eigenvalue weighted by atomic mass is 35.5. The molecule has 0 aliphatic rings. The highest BCUT2D eigenvalue weighted by Crippen LogP contribution is 2.33. The van der Waals surface area contributed by atoms with Crippen LogP contribution in [0.4, 0.5) is 5.69 Å². The van der Waals surface area contributed by atoms with Gasteiger partial charge in [-0.15, -0.1) is 0 Å². The first-order valence-corrected chi connectivity index (χ1v) is 15.3. The van der Waals surface area contributed by atoms with Gasteiger partial charge in [-0.25, -0.2) is 8.42 Å². The van der Waals surface area contributed by atoms with E-state index in [0.29, 0.717) is 22.1 Å². The quantitative estimate of drug-likeness (QED) is 0.297. The van der Waals surface area contributed by atoms with Gasteiger partial charge in [0.25, 0.3) is 10.0 Å². The number of hydrogen-bond acceptors (Lipinski definition) is 6. The molecule has 1 N–H and O–H groups in total.